The summed E-state index contributed by atoms with van der Waals surface area (Å²) in [5, 5.41) is 5.33. The molecule has 2 atom stereocenters. The molecule has 0 aliphatic heterocycles. The summed E-state index contributed by atoms with van der Waals surface area (Å²) in [6.07, 6.45) is 6.41. The van der Waals surface area contributed by atoms with E-state index in [9.17, 15) is 14.4 Å². The van der Waals surface area contributed by atoms with Gasteiger partial charge in [0.15, 0.2) is 0 Å². The molecule has 24 heavy (non-hydrogen) atoms. The van der Waals surface area contributed by atoms with Crippen molar-refractivity contribution in [2.45, 2.75) is 31.7 Å². The molecule has 1 aliphatic rings. The standard InChI is InChI=1S/C18H23N3O3/c19-18(24)14-8-4-5-9-15(14)21-17(23)12-20-16(22)11-10-13-6-2-1-3-7-13/h1-3,6-7,10-11,14-15H,4-5,8-9,12H2,(H2,19,24)(H,20,22)(H,21,23)/b11-10+/t14-,15-/m0/s1. The normalized spacial score (nSPS) is 20.5. The van der Waals surface area contributed by atoms with Crippen LogP contribution in [0.4, 0.5) is 0 Å². The lowest BCUT2D eigenvalue weighted by Gasteiger charge is -2.29. The molecular formula is C18H23N3O3. The molecule has 0 spiro atoms. The Morgan fingerprint density at radius 3 is 2.54 bits per heavy atom. The molecule has 6 nitrogen and oxygen atoms in total. The topological polar surface area (TPSA) is 101 Å². The number of nitrogens with one attached hydrogen (secondary N) is 2. The maximum atomic E-state index is 12.0. The fourth-order valence-electron chi connectivity index (χ4n) is 2.86. The average Bonchev–Trinajstić information content (AvgIpc) is 2.59. The summed E-state index contributed by atoms with van der Waals surface area (Å²) >= 11 is 0. The lowest BCUT2D eigenvalue weighted by Crippen LogP contribution is -2.49. The van der Waals surface area contributed by atoms with Crippen LogP contribution in [0.5, 0.6) is 0 Å². The van der Waals surface area contributed by atoms with Crippen LogP contribution in [0.3, 0.4) is 0 Å². The third-order valence-electron chi connectivity index (χ3n) is 4.13. The van der Waals surface area contributed by atoms with E-state index in [1.165, 1.54) is 6.08 Å². The van der Waals surface area contributed by atoms with E-state index in [0.29, 0.717) is 6.42 Å². The lowest BCUT2D eigenvalue weighted by molar-refractivity contribution is -0.127. The number of carbonyl (C=O) groups excluding carboxylic acids is 3. The largest absolute Gasteiger partial charge is 0.369 e. The minimum absolute atomic E-state index is 0.125. The summed E-state index contributed by atoms with van der Waals surface area (Å²) in [6, 6.07) is 9.18. The third kappa shape index (κ3) is 5.53. The van der Waals surface area contributed by atoms with E-state index in [4.69, 9.17) is 5.73 Å². The van der Waals surface area contributed by atoms with Gasteiger partial charge in [0.05, 0.1) is 12.5 Å². The van der Waals surface area contributed by atoms with E-state index in [1.807, 2.05) is 30.3 Å². The van der Waals surface area contributed by atoms with Crippen LogP contribution in [-0.2, 0) is 14.4 Å². The number of rotatable bonds is 6. The first-order valence-corrected chi connectivity index (χ1v) is 8.16. The molecule has 4 N–H and O–H groups in total. The second-order valence-electron chi connectivity index (χ2n) is 5.93. The average molecular weight is 329 g/mol. The van der Waals surface area contributed by atoms with Gasteiger partial charge < -0.3 is 16.4 Å². The second-order valence-corrected chi connectivity index (χ2v) is 5.93. The Morgan fingerprint density at radius 2 is 1.83 bits per heavy atom. The van der Waals surface area contributed by atoms with Gasteiger partial charge >= 0.3 is 0 Å². The molecule has 1 saturated carbocycles. The third-order valence-corrected chi connectivity index (χ3v) is 4.13. The smallest absolute Gasteiger partial charge is 0.244 e. The van der Waals surface area contributed by atoms with Crippen LogP contribution in [0.1, 0.15) is 31.2 Å². The van der Waals surface area contributed by atoms with Crippen LogP contribution in [0.15, 0.2) is 36.4 Å². The Morgan fingerprint density at radius 1 is 1.12 bits per heavy atom. The Labute approximate surface area is 141 Å². The summed E-state index contributed by atoms with van der Waals surface area (Å²) in [5.74, 6) is -1.36. The Hall–Kier alpha value is -2.63. The minimum Gasteiger partial charge on any atom is -0.369 e. The molecule has 3 amide bonds. The minimum atomic E-state index is -0.380. The van der Waals surface area contributed by atoms with Crippen LogP contribution in [0.2, 0.25) is 0 Å². The van der Waals surface area contributed by atoms with E-state index in [1.54, 1.807) is 6.08 Å². The van der Waals surface area contributed by atoms with Crippen LogP contribution < -0.4 is 16.4 Å². The van der Waals surface area contributed by atoms with E-state index in [-0.39, 0.29) is 36.2 Å². The zero-order chi connectivity index (χ0) is 17.4. The Kier molecular flexibility index (Phi) is 6.54. The summed E-state index contributed by atoms with van der Waals surface area (Å²) in [4.78, 5) is 35.1. The predicted molar refractivity (Wildman–Crippen MR) is 91.6 cm³/mol. The van der Waals surface area contributed by atoms with Crippen molar-refractivity contribution < 1.29 is 14.4 Å². The number of hydrogen-bond donors (Lipinski definition) is 3. The monoisotopic (exact) mass is 329 g/mol. The van der Waals surface area contributed by atoms with Gasteiger partial charge in [-0.15, -0.1) is 0 Å². The zero-order valence-electron chi connectivity index (χ0n) is 13.5. The van der Waals surface area contributed by atoms with Crippen LogP contribution in [-0.4, -0.2) is 30.3 Å². The molecule has 1 fully saturated rings. The van der Waals surface area contributed by atoms with Gasteiger partial charge in [-0.05, 0) is 24.5 Å². The first kappa shape index (κ1) is 17.7. The fraction of sp³-hybridized carbons (Fsp3) is 0.389. The molecule has 6 heteroatoms. The van der Waals surface area contributed by atoms with Crippen molar-refractivity contribution in [3.05, 3.63) is 42.0 Å². The molecule has 0 heterocycles. The highest BCUT2D eigenvalue weighted by atomic mass is 16.2. The highest BCUT2D eigenvalue weighted by molar-refractivity contribution is 5.94. The van der Waals surface area contributed by atoms with E-state index in [0.717, 1.165) is 24.8 Å². The van der Waals surface area contributed by atoms with Crippen molar-refractivity contribution in [1.29, 1.82) is 0 Å². The fourth-order valence-corrected chi connectivity index (χ4v) is 2.86. The molecule has 0 bridgehead atoms. The molecule has 2 rings (SSSR count). The number of carbonyl (C=O) groups is 3. The number of nitrogens with two attached hydrogens (primary N) is 1. The number of hydrogen-bond acceptors (Lipinski definition) is 3. The Balaban J connectivity index is 1.77. The van der Waals surface area contributed by atoms with Gasteiger partial charge in [-0.25, -0.2) is 0 Å². The highest BCUT2D eigenvalue weighted by Gasteiger charge is 2.30. The predicted octanol–water partition coefficient (Wildman–Crippen LogP) is 0.976. The van der Waals surface area contributed by atoms with Gasteiger partial charge in [0.2, 0.25) is 17.7 Å². The van der Waals surface area contributed by atoms with E-state index < -0.39 is 0 Å². The van der Waals surface area contributed by atoms with Crippen molar-refractivity contribution in [1.82, 2.24) is 10.6 Å². The second kappa shape index (κ2) is 8.86. The van der Waals surface area contributed by atoms with E-state index in [2.05, 4.69) is 10.6 Å². The van der Waals surface area contributed by atoms with Gasteiger partial charge in [0.1, 0.15) is 0 Å². The van der Waals surface area contributed by atoms with Crippen molar-refractivity contribution >= 4 is 23.8 Å². The maximum absolute atomic E-state index is 12.0. The lowest BCUT2D eigenvalue weighted by atomic mass is 9.84. The van der Waals surface area contributed by atoms with Crippen molar-refractivity contribution in [2.75, 3.05) is 6.54 Å². The molecule has 128 valence electrons. The molecule has 0 saturated heterocycles. The molecule has 0 unspecified atom stereocenters. The molecule has 1 aromatic rings. The zero-order valence-corrected chi connectivity index (χ0v) is 13.5. The van der Waals surface area contributed by atoms with Crippen LogP contribution >= 0.6 is 0 Å². The van der Waals surface area contributed by atoms with Gasteiger partial charge in [0.25, 0.3) is 0 Å². The van der Waals surface area contributed by atoms with Crippen molar-refractivity contribution in [3.63, 3.8) is 0 Å². The number of primary amides is 1. The van der Waals surface area contributed by atoms with Crippen LogP contribution in [0, 0.1) is 5.92 Å². The SMILES string of the molecule is NC(=O)[C@H]1CCCC[C@@H]1NC(=O)CNC(=O)/C=C/c1ccccc1. The quantitative estimate of drug-likeness (QED) is 0.678. The summed E-state index contributed by atoms with van der Waals surface area (Å²) in [7, 11) is 0. The molecular weight excluding hydrogens is 306 g/mol. The highest BCUT2D eigenvalue weighted by Crippen LogP contribution is 2.23. The van der Waals surface area contributed by atoms with Gasteiger partial charge in [-0.1, -0.05) is 43.2 Å². The first-order chi connectivity index (χ1) is 11.6. The van der Waals surface area contributed by atoms with Gasteiger partial charge in [0, 0.05) is 12.1 Å². The number of benzene rings is 1. The van der Waals surface area contributed by atoms with Crippen molar-refractivity contribution in [3.8, 4) is 0 Å². The maximum Gasteiger partial charge on any atom is 0.244 e. The molecule has 0 aromatic heterocycles. The summed E-state index contributed by atoms with van der Waals surface area (Å²) in [5.41, 5.74) is 6.29. The Bertz CT molecular complexity index is 613. The van der Waals surface area contributed by atoms with Gasteiger partial charge in [-0.2, -0.15) is 0 Å². The van der Waals surface area contributed by atoms with Crippen molar-refractivity contribution in [2.24, 2.45) is 11.7 Å². The summed E-state index contributed by atoms with van der Waals surface area (Å²) < 4.78 is 0. The molecule has 1 aliphatic carbocycles. The van der Waals surface area contributed by atoms with E-state index >= 15 is 0 Å². The first-order valence-electron chi connectivity index (χ1n) is 8.16. The van der Waals surface area contributed by atoms with Gasteiger partial charge in [-0.3, -0.25) is 14.4 Å². The summed E-state index contributed by atoms with van der Waals surface area (Å²) in [6.45, 7) is -0.125. The molecule has 1 aromatic carbocycles. The van der Waals surface area contributed by atoms with Crippen LogP contribution in [0.25, 0.3) is 6.08 Å². The number of amides is 3. The molecule has 0 radical (unpaired) electrons.